The molecule has 0 spiro atoms. The highest BCUT2D eigenvalue weighted by Gasteiger charge is 2.22. The molecule has 0 aliphatic carbocycles. The first-order valence-electron chi connectivity index (χ1n) is 4.40. The Balaban J connectivity index is 2.57. The van der Waals surface area contributed by atoms with Crippen molar-refractivity contribution in [3.05, 3.63) is 26.1 Å². The summed E-state index contributed by atoms with van der Waals surface area (Å²) in [6.45, 7) is 2.52. The first-order chi connectivity index (χ1) is 6.59. The summed E-state index contributed by atoms with van der Waals surface area (Å²) in [4.78, 5) is 0. The van der Waals surface area contributed by atoms with Crippen LogP contribution in [0.3, 0.4) is 0 Å². The fourth-order valence-corrected chi connectivity index (χ4v) is 3.05. The van der Waals surface area contributed by atoms with Crippen molar-refractivity contribution >= 4 is 31.9 Å². The maximum absolute atomic E-state index is 9.81. The molecule has 1 aromatic rings. The normalized spacial score (nSPS) is 20.6. The average molecular weight is 322 g/mol. The minimum Gasteiger partial charge on any atom is -0.506 e. The number of halogens is 2. The molecule has 0 fully saturated rings. The zero-order chi connectivity index (χ0) is 10.3. The van der Waals surface area contributed by atoms with E-state index in [1.54, 1.807) is 0 Å². The van der Waals surface area contributed by atoms with E-state index in [0.29, 0.717) is 16.8 Å². The summed E-state index contributed by atoms with van der Waals surface area (Å²) in [5.74, 6) is 0.301. The molecule has 0 saturated carbocycles. The van der Waals surface area contributed by atoms with E-state index in [1.807, 2.05) is 13.0 Å². The molecule has 14 heavy (non-hydrogen) atoms. The first-order valence-corrected chi connectivity index (χ1v) is 5.98. The Bertz CT molecular complexity index is 377. The summed E-state index contributed by atoms with van der Waals surface area (Å²) in [5, 5.41) is 9.81. The van der Waals surface area contributed by atoms with Gasteiger partial charge in [-0.25, -0.2) is 0 Å². The molecule has 0 amide bonds. The standard InChI is InChI=1S/C10H10Br2O2/c1-5-2-6-7(4-14-5)10(13)9(12)3-8(6)11/h3,5,13H,2,4H2,1H3/t5-/m0/s1. The van der Waals surface area contributed by atoms with Crippen LogP contribution >= 0.6 is 31.9 Å². The van der Waals surface area contributed by atoms with Gasteiger partial charge in [-0.05, 0) is 40.9 Å². The zero-order valence-corrected chi connectivity index (χ0v) is 10.9. The van der Waals surface area contributed by atoms with Crippen molar-refractivity contribution in [2.45, 2.75) is 26.1 Å². The number of aromatic hydroxyl groups is 1. The zero-order valence-electron chi connectivity index (χ0n) is 7.68. The molecular weight excluding hydrogens is 312 g/mol. The number of hydrogen-bond acceptors (Lipinski definition) is 2. The second-order valence-corrected chi connectivity index (χ2v) is 5.18. The quantitative estimate of drug-likeness (QED) is 0.793. The van der Waals surface area contributed by atoms with Gasteiger partial charge >= 0.3 is 0 Å². The Morgan fingerprint density at radius 2 is 2.07 bits per heavy atom. The van der Waals surface area contributed by atoms with Gasteiger partial charge in [-0.2, -0.15) is 0 Å². The Morgan fingerprint density at radius 1 is 1.36 bits per heavy atom. The number of ether oxygens (including phenoxy) is 1. The van der Waals surface area contributed by atoms with Crippen LogP contribution in [0.2, 0.25) is 0 Å². The van der Waals surface area contributed by atoms with Gasteiger partial charge in [0.15, 0.2) is 0 Å². The lowest BCUT2D eigenvalue weighted by atomic mass is 9.99. The maximum atomic E-state index is 9.81. The Labute approximate surface area is 99.5 Å². The smallest absolute Gasteiger partial charge is 0.135 e. The molecule has 1 aliphatic rings. The highest BCUT2D eigenvalue weighted by atomic mass is 79.9. The van der Waals surface area contributed by atoms with Crippen LogP contribution in [0.25, 0.3) is 0 Å². The number of fused-ring (bicyclic) bond motifs is 1. The fourth-order valence-electron chi connectivity index (χ4n) is 1.65. The molecule has 0 radical (unpaired) electrons. The lowest BCUT2D eigenvalue weighted by Gasteiger charge is -2.24. The van der Waals surface area contributed by atoms with Crippen molar-refractivity contribution in [3.8, 4) is 5.75 Å². The average Bonchev–Trinajstić information content (AvgIpc) is 2.14. The van der Waals surface area contributed by atoms with E-state index < -0.39 is 0 Å². The van der Waals surface area contributed by atoms with Crippen molar-refractivity contribution in [1.82, 2.24) is 0 Å². The van der Waals surface area contributed by atoms with E-state index in [0.717, 1.165) is 22.0 Å². The van der Waals surface area contributed by atoms with Gasteiger partial charge in [0.25, 0.3) is 0 Å². The number of phenols is 1. The van der Waals surface area contributed by atoms with Gasteiger partial charge < -0.3 is 9.84 Å². The summed E-state index contributed by atoms with van der Waals surface area (Å²) in [7, 11) is 0. The van der Waals surface area contributed by atoms with Crippen LogP contribution in [0.5, 0.6) is 5.75 Å². The molecule has 0 bridgehead atoms. The van der Waals surface area contributed by atoms with Crippen LogP contribution < -0.4 is 0 Å². The predicted molar refractivity (Wildman–Crippen MR) is 61.5 cm³/mol. The molecule has 1 aliphatic heterocycles. The van der Waals surface area contributed by atoms with Gasteiger partial charge in [-0.15, -0.1) is 0 Å². The molecule has 0 aromatic heterocycles. The number of hydrogen-bond donors (Lipinski definition) is 1. The molecule has 1 atom stereocenters. The van der Waals surface area contributed by atoms with Crippen molar-refractivity contribution < 1.29 is 9.84 Å². The van der Waals surface area contributed by atoms with E-state index in [2.05, 4.69) is 31.9 Å². The van der Waals surface area contributed by atoms with Crippen LogP contribution in [0.1, 0.15) is 18.1 Å². The van der Waals surface area contributed by atoms with Gasteiger partial charge in [0.2, 0.25) is 0 Å². The molecule has 0 saturated heterocycles. The summed E-state index contributed by atoms with van der Waals surface area (Å²) in [6, 6.07) is 1.88. The van der Waals surface area contributed by atoms with Crippen molar-refractivity contribution in [3.63, 3.8) is 0 Å². The first kappa shape index (κ1) is 10.5. The molecule has 2 nitrogen and oxygen atoms in total. The molecule has 76 valence electrons. The van der Waals surface area contributed by atoms with Gasteiger partial charge in [0, 0.05) is 10.0 Å². The third-order valence-corrected chi connectivity index (χ3v) is 3.73. The monoisotopic (exact) mass is 320 g/mol. The van der Waals surface area contributed by atoms with E-state index in [-0.39, 0.29) is 6.10 Å². The fraction of sp³-hybridized carbons (Fsp3) is 0.400. The largest absolute Gasteiger partial charge is 0.506 e. The highest BCUT2D eigenvalue weighted by Crippen LogP contribution is 2.38. The second kappa shape index (κ2) is 3.83. The molecule has 1 aromatic carbocycles. The van der Waals surface area contributed by atoms with Crippen molar-refractivity contribution in [2.24, 2.45) is 0 Å². The number of benzene rings is 1. The van der Waals surface area contributed by atoms with E-state index in [1.165, 1.54) is 0 Å². The molecule has 1 N–H and O–H groups in total. The molecule has 2 rings (SSSR count). The highest BCUT2D eigenvalue weighted by molar-refractivity contribution is 9.11. The van der Waals surface area contributed by atoms with E-state index >= 15 is 0 Å². The van der Waals surface area contributed by atoms with Gasteiger partial charge in [0.1, 0.15) is 5.75 Å². The van der Waals surface area contributed by atoms with Gasteiger partial charge in [-0.1, -0.05) is 15.9 Å². The molecular formula is C10H10Br2O2. The van der Waals surface area contributed by atoms with Gasteiger partial charge in [-0.3, -0.25) is 0 Å². The molecule has 0 unspecified atom stereocenters. The number of rotatable bonds is 0. The van der Waals surface area contributed by atoms with Crippen molar-refractivity contribution in [1.29, 1.82) is 0 Å². The minimum absolute atomic E-state index is 0.222. The third-order valence-electron chi connectivity index (χ3n) is 2.42. The van der Waals surface area contributed by atoms with Crippen LogP contribution in [-0.2, 0) is 17.8 Å². The summed E-state index contributed by atoms with van der Waals surface area (Å²) in [6.07, 6.45) is 1.07. The Kier molecular flexibility index (Phi) is 2.86. The predicted octanol–water partition coefficient (Wildman–Crippen LogP) is 3.38. The van der Waals surface area contributed by atoms with E-state index in [9.17, 15) is 5.11 Å². The lowest BCUT2D eigenvalue weighted by molar-refractivity contribution is 0.0393. The van der Waals surface area contributed by atoms with Crippen LogP contribution in [0.15, 0.2) is 15.0 Å². The summed E-state index contributed by atoms with van der Waals surface area (Å²) >= 11 is 6.80. The Hall–Kier alpha value is -0.0600. The van der Waals surface area contributed by atoms with Crippen LogP contribution in [0.4, 0.5) is 0 Å². The SMILES string of the molecule is C[C@H]1Cc2c(Br)cc(Br)c(O)c2CO1. The van der Waals surface area contributed by atoms with Crippen molar-refractivity contribution in [2.75, 3.05) is 0 Å². The minimum atomic E-state index is 0.222. The Morgan fingerprint density at radius 3 is 2.79 bits per heavy atom. The van der Waals surface area contributed by atoms with Crippen LogP contribution in [0, 0.1) is 0 Å². The second-order valence-electron chi connectivity index (χ2n) is 3.47. The van der Waals surface area contributed by atoms with Crippen LogP contribution in [-0.4, -0.2) is 11.2 Å². The number of phenolic OH excluding ortho intramolecular Hbond substituents is 1. The third kappa shape index (κ3) is 1.71. The molecule has 4 heteroatoms. The maximum Gasteiger partial charge on any atom is 0.135 e. The van der Waals surface area contributed by atoms with Gasteiger partial charge in [0.05, 0.1) is 17.2 Å². The lowest BCUT2D eigenvalue weighted by Crippen LogP contribution is -2.19. The topological polar surface area (TPSA) is 29.5 Å². The van der Waals surface area contributed by atoms with E-state index in [4.69, 9.17) is 4.74 Å². The molecule has 1 heterocycles. The summed E-state index contributed by atoms with van der Waals surface area (Å²) in [5.41, 5.74) is 2.05. The summed E-state index contributed by atoms with van der Waals surface area (Å²) < 4.78 is 7.24.